The second-order valence-corrected chi connectivity index (χ2v) is 6.23. The predicted molar refractivity (Wildman–Crippen MR) is 93.8 cm³/mol. The number of aromatic nitrogens is 3. The lowest BCUT2D eigenvalue weighted by atomic mass is 10.3. The van der Waals surface area contributed by atoms with Crippen molar-refractivity contribution in [3.05, 3.63) is 42.2 Å². The third kappa shape index (κ3) is 4.10. The Morgan fingerprint density at radius 2 is 1.96 bits per heavy atom. The molecule has 1 aliphatic heterocycles. The van der Waals surface area contributed by atoms with Gasteiger partial charge in [0.2, 0.25) is 0 Å². The van der Waals surface area contributed by atoms with Gasteiger partial charge >= 0.3 is 0 Å². The van der Waals surface area contributed by atoms with Gasteiger partial charge in [-0.2, -0.15) is 0 Å². The van der Waals surface area contributed by atoms with Crippen LogP contribution in [0.4, 0.5) is 5.69 Å². The normalized spacial score (nSPS) is 16.5. The molecule has 0 radical (unpaired) electrons. The maximum absolute atomic E-state index is 4.41. The van der Waals surface area contributed by atoms with Crippen LogP contribution in [-0.2, 0) is 13.0 Å². The molecule has 1 aliphatic rings. The Morgan fingerprint density at radius 1 is 1.04 bits per heavy atom. The summed E-state index contributed by atoms with van der Waals surface area (Å²) in [6.07, 6.45) is 8.14. The summed E-state index contributed by atoms with van der Waals surface area (Å²) in [7, 11) is 0. The second-order valence-electron chi connectivity index (χ2n) is 6.23. The van der Waals surface area contributed by atoms with E-state index in [4.69, 9.17) is 0 Å². The Balaban J connectivity index is 1.54. The van der Waals surface area contributed by atoms with Gasteiger partial charge < -0.3 is 9.47 Å². The van der Waals surface area contributed by atoms with E-state index in [-0.39, 0.29) is 0 Å². The summed E-state index contributed by atoms with van der Waals surface area (Å²) < 4.78 is 2.29. The highest BCUT2D eigenvalue weighted by Gasteiger charge is 2.15. The molecule has 3 rings (SSSR count). The molecule has 2 aromatic heterocycles. The summed E-state index contributed by atoms with van der Waals surface area (Å²) in [6, 6.07) is 4.32. The molecular weight excluding hydrogens is 286 g/mol. The van der Waals surface area contributed by atoms with Crippen LogP contribution >= 0.6 is 0 Å². The number of aryl methyl sites for hydroxylation is 2. The van der Waals surface area contributed by atoms with Gasteiger partial charge in [0.15, 0.2) is 0 Å². The molecule has 5 nitrogen and oxygen atoms in total. The van der Waals surface area contributed by atoms with Crippen molar-refractivity contribution in [3.63, 3.8) is 0 Å². The van der Waals surface area contributed by atoms with Crippen LogP contribution in [0.15, 0.2) is 30.7 Å². The zero-order chi connectivity index (χ0) is 16.1. The lowest BCUT2D eigenvalue weighted by Crippen LogP contribution is -2.33. The van der Waals surface area contributed by atoms with Crippen molar-refractivity contribution < 1.29 is 0 Å². The van der Waals surface area contributed by atoms with Crippen molar-refractivity contribution in [3.8, 4) is 0 Å². The summed E-state index contributed by atoms with van der Waals surface area (Å²) in [5, 5.41) is 0. The van der Waals surface area contributed by atoms with Crippen LogP contribution < -0.4 is 4.90 Å². The van der Waals surface area contributed by atoms with Gasteiger partial charge in [0.05, 0.1) is 0 Å². The summed E-state index contributed by atoms with van der Waals surface area (Å²) in [6.45, 7) is 10.9. The topological polar surface area (TPSA) is 37.2 Å². The Kier molecular flexibility index (Phi) is 5.28. The molecule has 0 N–H and O–H groups in total. The summed E-state index contributed by atoms with van der Waals surface area (Å²) in [4.78, 5) is 13.8. The number of nitrogens with zero attached hydrogens (tertiary/aromatic N) is 5. The average Bonchev–Trinajstić information content (AvgIpc) is 2.89. The van der Waals surface area contributed by atoms with Gasteiger partial charge in [0, 0.05) is 69.1 Å². The fourth-order valence-corrected chi connectivity index (χ4v) is 3.29. The minimum atomic E-state index is 1.00. The van der Waals surface area contributed by atoms with Crippen molar-refractivity contribution in [1.29, 1.82) is 0 Å². The molecule has 0 spiro atoms. The van der Waals surface area contributed by atoms with E-state index in [1.807, 2.05) is 12.4 Å². The fraction of sp³-hybridized carbons (Fsp3) is 0.556. The number of hydrogen-bond donors (Lipinski definition) is 0. The molecule has 0 aliphatic carbocycles. The van der Waals surface area contributed by atoms with Gasteiger partial charge in [-0.15, -0.1) is 0 Å². The van der Waals surface area contributed by atoms with Crippen molar-refractivity contribution >= 4 is 5.69 Å². The molecule has 5 heteroatoms. The smallest absolute Gasteiger partial charge is 0.108 e. The monoisotopic (exact) mass is 313 g/mol. The van der Waals surface area contributed by atoms with Gasteiger partial charge in [-0.3, -0.25) is 9.88 Å². The maximum atomic E-state index is 4.41. The number of anilines is 1. The third-order valence-corrected chi connectivity index (χ3v) is 4.61. The molecule has 1 saturated heterocycles. The van der Waals surface area contributed by atoms with Crippen LogP contribution in [0.5, 0.6) is 0 Å². The lowest BCUT2D eigenvalue weighted by molar-refractivity contribution is 0.280. The molecule has 0 saturated carbocycles. The molecule has 124 valence electrons. The van der Waals surface area contributed by atoms with Crippen molar-refractivity contribution in [2.75, 3.05) is 37.6 Å². The van der Waals surface area contributed by atoms with Gasteiger partial charge in [-0.25, -0.2) is 4.98 Å². The van der Waals surface area contributed by atoms with Gasteiger partial charge in [0.25, 0.3) is 0 Å². The number of imidazole rings is 1. The molecule has 1 fully saturated rings. The second kappa shape index (κ2) is 7.59. The first-order valence-electron chi connectivity index (χ1n) is 8.66. The van der Waals surface area contributed by atoms with E-state index in [1.165, 1.54) is 24.5 Å². The van der Waals surface area contributed by atoms with E-state index in [2.05, 4.69) is 56.5 Å². The van der Waals surface area contributed by atoms with Crippen molar-refractivity contribution in [2.24, 2.45) is 0 Å². The summed E-state index contributed by atoms with van der Waals surface area (Å²) in [5.74, 6) is 1.19. The molecule has 23 heavy (non-hydrogen) atoms. The highest BCUT2D eigenvalue weighted by Crippen LogP contribution is 2.16. The largest absolute Gasteiger partial charge is 0.370 e. The Morgan fingerprint density at radius 3 is 2.78 bits per heavy atom. The molecule has 2 aromatic rings. The van der Waals surface area contributed by atoms with Gasteiger partial charge in [-0.1, -0.05) is 6.92 Å². The van der Waals surface area contributed by atoms with Crippen molar-refractivity contribution in [1.82, 2.24) is 19.4 Å². The van der Waals surface area contributed by atoms with Crippen LogP contribution in [0, 0.1) is 6.92 Å². The Labute approximate surface area is 139 Å². The van der Waals surface area contributed by atoms with E-state index < -0.39 is 0 Å². The SMILES string of the molecule is CCc1nccn1CCN1CCCN(c2ccnc(C)c2)CC1. The van der Waals surface area contributed by atoms with E-state index >= 15 is 0 Å². The van der Waals surface area contributed by atoms with Crippen LogP contribution in [0.25, 0.3) is 0 Å². The standard InChI is InChI=1S/C18H27N5/c1-3-18-20-7-10-23(18)14-12-21-8-4-9-22(13-11-21)17-5-6-19-16(2)15-17/h5-7,10,15H,3-4,8-9,11-14H2,1-2H3. The molecular formula is C18H27N5. The van der Waals surface area contributed by atoms with Crippen LogP contribution in [-0.4, -0.2) is 52.2 Å². The third-order valence-electron chi connectivity index (χ3n) is 4.61. The Hall–Kier alpha value is -1.88. The van der Waals surface area contributed by atoms with Gasteiger partial charge in [-0.05, 0) is 32.0 Å². The summed E-state index contributed by atoms with van der Waals surface area (Å²) >= 11 is 0. The van der Waals surface area contributed by atoms with Crippen LogP contribution in [0.2, 0.25) is 0 Å². The quantitative estimate of drug-likeness (QED) is 0.849. The first kappa shape index (κ1) is 16.0. The minimum absolute atomic E-state index is 1.00. The molecule has 0 unspecified atom stereocenters. The fourth-order valence-electron chi connectivity index (χ4n) is 3.29. The van der Waals surface area contributed by atoms with E-state index in [1.54, 1.807) is 0 Å². The molecule has 0 bridgehead atoms. The molecule has 0 aromatic carbocycles. The van der Waals surface area contributed by atoms with E-state index in [9.17, 15) is 0 Å². The summed E-state index contributed by atoms with van der Waals surface area (Å²) in [5.41, 5.74) is 2.40. The number of hydrogen-bond acceptors (Lipinski definition) is 4. The average molecular weight is 313 g/mol. The number of rotatable bonds is 5. The first-order chi connectivity index (χ1) is 11.3. The van der Waals surface area contributed by atoms with E-state index in [0.717, 1.165) is 44.8 Å². The Bertz CT molecular complexity index is 621. The highest BCUT2D eigenvalue weighted by molar-refractivity contribution is 5.46. The maximum Gasteiger partial charge on any atom is 0.108 e. The minimum Gasteiger partial charge on any atom is -0.370 e. The first-order valence-corrected chi connectivity index (χ1v) is 8.66. The highest BCUT2D eigenvalue weighted by atomic mass is 15.2. The van der Waals surface area contributed by atoms with Crippen molar-refractivity contribution in [2.45, 2.75) is 33.2 Å². The predicted octanol–water partition coefficient (Wildman–Crippen LogP) is 2.36. The van der Waals surface area contributed by atoms with Crippen LogP contribution in [0.3, 0.4) is 0 Å². The molecule has 0 atom stereocenters. The van der Waals surface area contributed by atoms with Gasteiger partial charge in [0.1, 0.15) is 5.82 Å². The molecule has 3 heterocycles. The zero-order valence-electron chi connectivity index (χ0n) is 14.3. The zero-order valence-corrected chi connectivity index (χ0v) is 14.3. The van der Waals surface area contributed by atoms with E-state index in [0.29, 0.717) is 0 Å². The van der Waals surface area contributed by atoms with Crippen LogP contribution in [0.1, 0.15) is 24.9 Å². The molecule has 0 amide bonds. The number of pyridine rings is 1. The lowest BCUT2D eigenvalue weighted by Gasteiger charge is -2.24.